The molecule has 0 spiro atoms. The molecule has 26 heavy (non-hydrogen) atoms. The third-order valence-electron chi connectivity index (χ3n) is 2.62. The van der Waals surface area contributed by atoms with Crippen molar-refractivity contribution in [2.75, 3.05) is 6.61 Å². The molecule has 2 heteroatoms. The van der Waals surface area contributed by atoms with Crippen molar-refractivity contribution < 1.29 is 4.74 Å². The first-order valence-corrected chi connectivity index (χ1v) is 10.2. The summed E-state index contributed by atoms with van der Waals surface area (Å²) in [6, 6.07) is 21.0. The van der Waals surface area contributed by atoms with Crippen LogP contribution in [-0.2, 0) is 16.5 Å². The SMILES string of the molecule is C=C(C)OCCCC.C=CC.CC.c1ccc([SH+]c2ccccc2)cc1. The summed E-state index contributed by atoms with van der Waals surface area (Å²) in [5, 5.41) is 0. The number of hydrogen-bond donors (Lipinski definition) is 0. The second kappa shape index (κ2) is 21.1. The Balaban J connectivity index is 0. The van der Waals surface area contributed by atoms with Gasteiger partial charge in [-0.3, -0.25) is 0 Å². The number of benzene rings is 2. The molecular formula is C24H37OS+. The summed E-state index contributed by atoms with van der Waals surface area (Å²) < 4.78 is 5.09. The molecule has 0 aliphatic rings. The van der Waals surface area contributed by atoms with Crippen LogP contribution in [-0.4, -0.2) is 6.61 Å². The smallest absolute Gasteiger partial charge is 0.158 e. The molecule has 0 amide bonds. The molecule has 0 saturated heterocycles. The molecule has 0 saturated carbocycles. The van der Waals surface area contributed by atoms with Crippen molar-refractivity contribution in [3.8, 4) is 0 Å². The Hall–Kier alpha value is -1.93. The van der Waals surface area contributed by atoms with Crippen LogP contribution in [0, 0.1) is 0 Å². The van der Waals surface area contributed by atoms with Crippen LogP contribution in [0.2, 0.25) is 0 Å². The van der Waals surface area contributed by atoms with E-state index in [0.29, 0.717) is 0 Å². The summed E-state index contributed by atoms with van der Waals surface area (Å²) in [6.07, 6.45) is 4.07. The highest BCUT2D eigenvalue weighted by molar-refractivity contribution is 7.78. The van der Waals surface area contributed by atoms with Crippen molar-refractivity contribution in [2.24, 2.45) is 0 Å². The number of unbranched alkanes of at least 4 members (excludes halogenated alkanes) is 1. The monoisotopic (exact) mass is 373 g/mol. The van der Waals surface area contributed by atoms with Crippen LogP contribution >= 0.6 is 0 Å². The standard InChI is InChI=1S/C12H10S.C7H14O.C3H6.C2H6/c1-3-7-11(8-4-1)13-12-9-5-2-6-10-12;1-4-5-6-8-7(2)3;1-3-2;1-2/h1-10H;2,4-6H2,1,3H3;3H,1H2,2H3;1-2H3/p+1. The molecule has 2 rings (SSSR count). The van der Waals surface area contributed by atoms with Gasteiger partial charge in [-0.15, -0.1) is 6.58 Å². The van der Waals surface area contributed by atoms with Gasteiger partial charge in [0, 0.05) is 11.8 Å². The molecule has 0 aromatic heterocycles. The predicted molar refractivity (Wildman–Crippen MR) is 121 cm³/mol. The predicted octanol–water partition coefficient (Wildman–Crippen LogP) is 7.47. The summed E-state index contributed by atoms with van der Waals surface area (Å²) in [5.41, 5.74) is 0. The summed E-state index contributed by atoms with van der Waals surface area (Å²) in [7, 11) is 0. The van der Waals surface area contributed by atoms with Gasteiger partial charge in [0.2, 0.25) is 0 Å². The molecule has 2 aromatic carbocycles. The Morgan fingerprint density at radius 1 is 0.962 bits per heavy atom. The Kier molecular flexibility index (Phi) is 21.4. The van der Waals surface area contributed by atoms with E-state index in [4.69, 9.17) is 4.74 Å². The van der Waals surface area contributed by atoms with Crippen molar-refractivity contribution in [1.29, 1.82) is 0 Å². The Labute approximate surface area is 166 Å². The molecule has 0 radical (unpaired) electrons. The fourth-order valence-corrected chi connectivity index (χ4v) is 2.49. The van der Waals surface area contributed by atoms with Crippen molar-refractivity contribution >= 4 is 11.8 Å². The van der Waals surface area contributed by atoms with Crippen molar-refractivity contribution in [3.05, 3.63) is 85.7 Å². The van der Waals surface area contributed by atoms with Gasteiger partial charge in [0.15, 0.2) is 9.79 Å². The van der Waals surface area contributed by atoms with Crippen LogP contribution < -0.4 is 0 Å². The summed E-state index contributed by atoms with van der Waals surface area (Å²) in [5.74, 6) is 0.818. The van der Waals surface area contributed by atoms with E-state index in [2.05, 4.69) is 68.6 Å². The lowest BCUT2D eigenvalue weighted by Crippen LogP contribution is -1.88. The Morgan fingerprint density at radius 3 is 1.65 bits per heavy atom. The maximum Gasteiger partial charge on any atom is 0.158 e. The number of hydrogen-bond acceptors (Lipinski definition) is 1. The van der Waals surface area contributed by atoms with Crippen LogP contribution in [0.25, 0.3) is 0 Å². The van der Waals surface area contributed by atoms with E-state index in [0.717, 1.165) is 18.8 Å². The normalized spacial score (nSPS) is 8.35. The average Bonchev–Trinajstić information content (AvgIpc) is 2.66. The zero-order valence-corrected chi connectivity index (χ0v) is 18.1. The van der Waals surface area contributed by atoms with Crippen LogP contribution in [0.1, 0.15) is 47.5 Å². The molecule has 0 unspecified atom stereocenters. The first-order chi connectivity index (χ1) is 12.6. The number of allylic oxidation sites excluding steroid dienone is 2. The van der Waals surface area contributed by atoms with E-state index < -0.39 is 0 Å². The Morgan fingerprint density at radius 2 is 1.35 bits per heavy atom. The van der Waals surface area contributed by atoms with Crippen molar-refractivity contribution in [1.82, 2.24) is 0 Å². The van der Waals surface area contributed by atoms with Crippen LogP contribution in [0.15, 0.2) is 95.4 Å². The largest absolute Gasteiger partial charge is 0.499 e. The minimum absolute atomic E-state index is 0.818. The molecule has 0 fully saturated rings. The lowest BCUT2D eigenvalue weighted by Gasteiger charge is -2.01. The third kappa shape index (κ3) is 18.4. The molecular weight excluding hydrogens is 336 g/mol. The quantitative estimate of drug-likeness (QED) is 0.168. The topological polar surface area (TPSA) is 9.23 Å². The van der Waals surface area contributed by atoms with Crippen LogP contribution in [0.3, 0.4) is 0 Å². The highest BCUT2D eigenvalue weighted by Gasteiger charge is 2.03. The van der Waals surface area contributed by atoms with Gasteiger partial charge < -0.3 is 4.74 Å². The second-order valence-electron chi connectivity index (χ2n) is 5.10. The summed E-state index contributed by atoms with van der Waals surface area (Å²) in [6.45, 7) is 17.7. The first-order valence-electron chi connectivity index (χ1n) is 9.31. The second-order valence-corrected chi connectivity index (χ2v) is 6.35. The minimum atomic E-state index is 0.818. The van der Waals surface area contributed by atoms with E-state index in [9.17, 15) is 0 Å². The maximum atomic E-state index is 5.09. The molecule has 2 aromatic rings. The molecule has 0 aliphatic carbocycles. The molecule has 0 N–H and O–H groups in total. The fourth-order valence-electron chi connectivity index (χ4n) is 1.54. The molecule has 0 atom stereocenters. The zero-order chi connectivity index (χ0) is 20.0. The maximum absolute atomic E-state index is 5.09. The number of thiol groups is 1. The van der Waals surface area contributed by atoms with Gasteiger partial charge in [0.25, 0.3) is 0 Å². The lowest BCUT2D eigenvalue weighted by molar-refractivity contribution is 0.211. The van der Waals surface area contributed by atoms with E-state index in [1.165, 1.54) is 28.0 Å². The molecule has 1 nitrogen and oxygen atoms in total. The Bertz CT molecular complexity index is 497. The average molecular weight is 374 g/mol. The van der Waals surface area contributed by atoms with Gasteiger partial charge in [0.05, 0.1) is 12.4 Å². The molecule has 0 bridgehead atoms. The van der Waals surface area contributed by atoms with Gasteiger partial charge in [-0.2, -0.15) is 0 Å². The fraction of sp³-hybridized carbons (Fsp3) is 0.333. The highest BCUT2D eigenvalue weighted by atomic mass is 32.2. The van der Waals surface area contributed by atoms with Gasteiger partial charge in [0.1, 0.15) is 0 Å². The number of rotatable bonds is 6. The minimum Gasteiger partial charge on any atom is -0.499 e. The third-order valence-corrected chi connectivity index (χ3v) is 3.73. The van der Waals surface area contributed by atoms with Crippen LogP contribution in [0.5, 0.6) is 0 Å². The highest BCUT2D eigenvalue weighted by Crippen LogP contribution is 2.10. The molecule has 0 aliphatic heterocycles. The lowest BCUT2D eigenvalue weighted by atomic mass is 10.4. The molecule has 0 heterocycles. The van der Waals surface area contributed by atoms with Gasteiger partial charge in [-0.05, 0) is 44.5 Å². The van der Waals surface area contributed by atoms with E-state index in [1.807, 2.05) is 39.8 Å². The van der Waals surface area contributed by atoms with Gasteiger partial charge >= 0.3 is 0 Å². The van der Waals surface area contributed by atoms with Crippen LogP contribution in [0.4, 0.5) is 0 Å². The van der Waals surface area contributed by atoms with Gasteiger partial charge in [-0.1, -0.05) is 76.2 Å². The summed E-state index contributed by atoms with van der Waals surface area (Å²) >= 11 is 1.28. The van der Waals surface area contributed by atoms with E-state index in [1.54, 1.807) is 6.08 Å². The first kappa shape index (κ1) is 26.3. The van der Waals surface area contributed by atoms with Crippen molar-refractivity contribution in [3.63, 3.8) is 0 Å². The van der Waals surface area contributed by atoms with E-state index >= 15 is 0 Å². The van der Waals surface area contributed by atoms with Crippen molar-refractivity contribution in [2.45, 2.75) is 57.3 Å². The van der Waals surface area contributed by atoms with Gasteiger partial charge in [-0.25, -0.2) is 0 Å². The summed E-state index contributed by atoms with van der Waals surface area (Å²) in [4.78, 5) is 2.68. The van der Waals surface area contributed by atoms with E-state index in [-0.39, 0.29) is 0 Å². The molecule has 144 valence electrons. The number of ether oxygens (including phenoxy) is 1. The zero-order valence-electron chi connectivity index (χ0n) is 17.2.